The Labute approximate surface area is 182 Å². The SMILES string of the molecule is CC(C)c1ccc(-n2cnnc2SCC(=O)Nc2ccc(CCN(C)C)cc2)cc1. The molecule has 0 saturated carbocycles. The summed E-state index contributed by atoms with van der Waals surface area (Å²) in [6.07, 6.45) is 2.67. The van der Waals surface area contributed by atoms with Crippen LogP contribution in [0.4, 0.5) is 5.69 Å². The molecular weight excluding hydrogens is 394 g/mol. The van der Waals surface area contributed by atoms with Gasteiger partial charge in [-0.25, -0.2) is 0 Å². The van der Waals surface area contributed by atoms with Crippen molar-refractivity contribution in [3.8, 4) is 5.69 Å². The molecule has 2 aromatic carbocycles. The van der Waals surface area contributed by atoms with E-state index in [-0.39, 0.29) is 11.7 Å². The summed E-state index contributed by atoms with van der Waals surface area (Å²) < 4.78 is 1.90. The van der Waals surface area contributed by atoms with Gasteiger partial charge in [0.25, 0.3) is 0 Å². The van der Waals surface area contributed by atoms with Crippen molar-refractivity contribution in [2.24, 2.45) is 0 Å². The van der Waals surface area contributed by atoms with E-state index in [2.05, 4.69) is 84.8 Å². The second-order valence-corrected chi connectivity index (χ2v) is 8.76. The van der Waals surface area contributed by atoms with E-state index in [9.17, 15) is 4.79 Å². The van der Waals surface area contributed by atoms with Crippen molar-refractivity contribution in [1.29, 1.82) is 0 Å². The van der Waals surface area contributed by atoms with Gasteiger partial charge < -0.3 is 10.2 Å². The zero-order valence-electron chi connectivity index (χ0n) is 18.0. The molecule has 158 valence electrons. The van der Waals surface area contributed by atoms with Crippen molar-refractivity contribution in [2.45, 2.75) is 31.3 Å². The molecule has 0 saturated heterocycles. The highest BCUT2D eigenvalue weighted by Gasteiger charge is 2.11. The van der Waals surface area contributed by atoms with E-state index in [1.165, 1.54) is 22.9 Å². The van der Waals surface area contributed by atoms with Gasteiger partial charge in [0.1, 0.15) is 6.33 Å². The van der Waals surface area contributed by atoms with Gasteiger partial charge >= 0.3 is 0 Å². The number of thioether (sulfide) groups is 1. The maximum Gasteiger partial charge on any atom is 0.234 e. The summed E-state index contributed by atoms with van der Waals surface area (Å²) in [6, 6.07) is 16.4. The van der Waals surface area contributed by atoms with E-state index in [4.69, 9.17) is 0 Å². The van der Waals surface area contributed by atoms with Gasteiger partial charge in [0, 0.05) is 17.9 Å². The van der Waals surface area contributed by atoms with E-state index in [1.54, 1.807) is 6.33 Å². The van der Waals surface area contributed by atoms with Crippen LogP contribution in [0.2, 0.25) is 0 Å². The molecule has 1 N–H and O–H groups in total. The van der Waals surface area contributed by atoms with Gasteiger partial charge in [-0.1, -0.05) is 49.9 Å². The molecule has 1 amide bonds. The van der Waals surface area contributed by atoms with Gasteiger partial charge in [0.2, 0.25) is 5.91 Å². The van der Waals surface area contributed by atoms with E-state index in [1.807, 2.05) is 16.7 Å². The first kappa shape index (κ1) is 22.1. The second-order valence-electron chi connectivity index (χ2n) is 7.82. The first-order chi connectivity index (χ1) is 14.4. The molecule has 0 bridgehead atoms. The van der Waals surface area contributed by atoms with E-state index >= 15 is 0 Å². The molecule has 3 aromatic rings. The van der Waals surface area contributed by atoms with Crippen LogP contribution in [0.3, 0.4) is 0 Å². The normalized spacial score (nSPS) is 11.3. The minimum absolute atomic E-state index is 0.0641. The lowest BCUT2D eigenvalue weighted by Crippen LogP contribution is -2.15. The fourth-order valence-corrected chi connectivity index (χ4v) is 3.68. The van der Waals surface area contributed by atoms with Crippen molar-refractivity contribution >= 4 is 23.4 Å². The van der Waals surface area contributed by atoms with Crippen molar-refractivity contribution in [1.82, 2.24) is 19.7 Å². The van der Waals surface area contributed by atoms with Gasteiger partial charge in [0.05, 0.1) is 5.75 Å². The van der Waals surface area contributed by atoms with E-state index in [0.29, 0.717) is 11.1 Å². The van der Waals surface area contributed by atoms with Crippen LogP contribution in [0.15, 0.2) is 60.0 Å². The number of nitrogens with zero attached hydrogens (tertiary/aromatic N) is 4. The number of likely N-dealkylation sites (N-methyl/N-ethyl adjacent to an activating group) is 1. The quantitative estimate of drug-likeness (QED) is 0.522. The van der Waals surface area contributed by atoms with Crippen LogP contribution < -0.4 is 5.32 Å². The number of carbonyl (C=O) groups excluding carboxylic acids is 1. The number of benzene rings is 2. The fourth-order valence-electron chi connectivity index (χ4n) is 2.95. The number of anilines is 1. The van der Waals surface area contributed by atoms with Gasteiger partial charge in [-0.3, -0.25) is 9.36 Å². The smallest absolute Gasteiger partial charge is 0.234 e. The number of amides is 1. The minimum Gasteiger partial charge on any atom is -0.325 e. The third-order valence-corrected chi connectivity index (χ3v) is 5.72. The lowest BCUT2D eigenvalue weighted by Gasteiger charge is -2.10. The molecule has 0 aliphatic heterocycles. The summed E-state index contributed by atoms with van der Waals surface area (Å²) >= 11 is 1.37. The van der Waals surface area contributed by atoms with Crippen LogP contribution in [0.25, 0.3) is 5.69 Å². The molecule has 0 atom stereocenters. The Kier molecular flexibility index (Phi) is 7.65. The maximum absolute atomic E-state index is 12.4. The zero-order valence-corrected chi connectivity index (χ0v) is 18.8. The van der Waals surface area contributed by atoms with Gasteiger partial charge in [-0.15, -0.1) is 10.2 Å². The largest absolute Gasteiger partial charge is 0.325 e. The van der Waals surface area contributed by atoms with Crippen LogP contribution >= 0.6 is 11.8 Å². The Morgan fingerprint density at radius 2 is 1.80 bits per heavy atom. The predicted molar refractivity (Wildman–Crippen MR) is 124 cm³/mol. The van der Waals surface area contributed by atoms with Gasteiger partial charge in [-0.05, 0) is 61.8 Å². The average Bonchev–Trinajstić information content (AvgIpc) is 3.20. The first-order valence-electron chi connectivity index (χ1n) is 10.1. The molecule has 0 spiro atoms. The highest BCUT2D eigenvalue weighted by Crippen LogP contribution is 2.22. The van der Waals surface area contributed by atoms with Crippen molar-refractivity contribution in [3.63, 3.8) is 0 Å². The topological polar surface area (TPSA) is 63.1 Å². The summed E-state index contributed by atoms with van der Waals surface area (Å²) in [5.41, 5.74) is 4.33. The summed E-state index contributed by atoms with van der Waals surface area (Å²) in [5.74, 6) is 0.691. The number of rotatable bonds is 9. The molecule has 0 radical (unpaired) electrons. The Balaban J connectivity index is 1.55. The molecule has 3 rings (SSSR count). The third-order valence-electron chi connectivity index (χ3n) is 4.77. The molecule has 1 heterocycles. The number of hydrogen-bond acceptors (Lipinski definition) is 5. The van der Waals surface area contributed by atoms with E-state index < -0.39 is 0 Å². The van der Waals surface area contributed by atoms with Crippen LogP contribution in [0.1, 0.15) is 30.9 Å². The Morgan fingerprint density at radius 1 is 1.10 bits per heavy atom. The average molecular weight is 424 g/mol. The molecule has 0 aliphatic carbocycles. The maximum atomic E-state index is 12.4. The van der Waals surface area contributed by atoms with E-state index in [0.717, 1.165) is 24.3 Å². The van der Waals surface area contributed by atoms with Crippen molar-refractivity contribution in [3.05, 3.63) is 66.0 Å². The molecule has 0 aliphatic rings. The summed E-state index contributed by atoms with van der Waals surface area (Å²) in [4.78, 5) is 14.5. The number of carbonyl (C=O) groups is 1. The summed E-state index contributed by atoms with van der Waals surface area (Å²) in [5, 5.41) is 11.8. The predicted octanol–water partition coefficient (Wildman–Crippen LogP) is 4.23. The van der Waals surface area contributed by atoms with Crippen LogP contribution in [0, 0.1) is 0 Å². The Morgan fingerprint density at radius 3 is 2.43 bits per heavy atom. The molecule has 0 unspecified atom stereocenters. The first-order valence-corrected chi connectivity index (χ1v) is 11.1. The lowest BCUT2D eigenvalue weighted by atomic mass is 10.0. The van der Waals surface area contributed by atoms with Crippen molar-refractivity contribution in [2.75, 3.05) is 31.7 Å². The van der Waals surface area contributed by atoms with Crippen LogP contribution in [-0.2, 0) is 11.2 Å². The molecule has 30 heavy (non-hydrogen) atoms. The summed E-state index contributed by atoms with van der Waals surface area (Å²) in [6.45, 7) is 5.35. The van der Waals surface area contributed by atoms with Crippen LogP contribution in [0.5, 0.6) is 0 Å². The second kappa shape index (κ2) is 10.4. The monoisotopic (exact) mass is 423 g/mol. The Bertz CT molecular complexity index is 948. The molecular formula is C23H29N5OS. The van der Waals surface area contributed by atoms with Crippen LogP contribution in [-0.4, -0.2) is 52.0 Å². The minimum atomic E-state index is -0.0641. The fraction of sp³-hybridized carbons (Fsp3) is 0.348. The number of hydrogen-bond donors (Lipinski definition) is 1. The number of aromatic nitrogens is 3. The zero-order chi connectivity index (χ0) is 21.5. The lowest BCUT2D eigenvalue weighted by molar-refractivity contribution is -0.113. The standard InChI is InChI=1S/C23H29N5OS/c1-17(2)19-7-11-21(12-8-19)28-16-24-26-23(28)30-15-22(29)25-20-9-5-18(6-10-20)13-14-27(3)4/h5-12,16-17H,13-15H2,1-4H3,(H,25,29). The summed E-state index contributed by atoms with van der Waals surface area (Å²) in [7, 11) is 4.13. The molecule has 6 nitrogen and oxygen atoms in total. The highest BCUT2D eigenvalue weighted by molar-refractivity contribution is 7.99. The molecule has 7 heteroatoms. The number of nitrogens with one attached hydrogen (secondary N) is 1. The highest BCUT2D eigenvalue weighted by atomic mass is 32.2. The van der Waals surface area contributed by atoms with Crippen molar-refractivity contribution < 1.29 is 4.79 Å². The molecule has 1 aromatic heterocycles. The molecule has 0 fully saturated rings. The van der Waals surface area contributed by atoms with Gasteiger partial charge in [0.15, 0.2) is 5.16 Å². The third kappa shape index (κ3) is 6.18. The van der Waals surface area contributed by atoms with Gasteiger partial charge in [-0.2, -0.15) is 0 Å². The Hall–Kier alpha value is -2.64.